The Kier molecular flexibility index (Phi) is 7.38. The van der Waals surface area contributed by atoms with E-state index in [-0.39, 0.29) is 0 Å². The average molecular weight is 461 g/mol. The van der Waals surface area contributed by atoms with Gasteiger partial charge >= 0.3 is 5.97 Å². The van der Waals surface area contributed by atoms with E-state index < -0.39 is 28.8 Å². The first-order valence-electron chi connectivity index (χ1n) is 10.0. The lowest BCUT2D eigenvalue weighted by molar-refractivity contribution is -0.135. The van der Waals surface area contributed by atoms with E-state index >= 15 is 0 Å². The van der Waals surface area contributed by atoms with Crippen molar-refractivity contribution in [3.8, 4) is 17.2 Å². The highest BCUT2D eigenvalue weighted by molar-refractivity contribution is 8.04. The lowest BCUT2D eigenvalue weighted by atomic mass is 9.78. The van der Waals surface area contributed by atoms with Gasteiger partial charge in [0.1, 0.15) is 5.75 Å². The molecule has 8 heteroatoms. The molecule has 0 spiro atoms. The molecule has 0 saturated heterocycles. The van der Waals surface area contributed by atoms with E-state index in [9.17, 15) is 15.0 Å². The van der Waals surface area contributed by atoms with E-state index in [0.717, 1.165) is 0 Å². The van der Waals surface area contributed by atoms with Crippen LogP contribution in [-0.4, -0.2) is 49.9 Å². The van der Waals surface area contributed by atoms with E-state index in [4.69, 9.17) is 18.9 Å². The van der Waals surface area contributed by atoms with Gasteiger partial charge in [0.25, 0.3) is 0 Å². The smallest absolute Gasteiger partial charge is 0.344 e. The summed E-state index contributed by atoms with van der Waals surface area (Å²) in [6.45, 7) is 1.67. The molecule has 0 aromatic heterocycles. The summed E-state index contributed by atoms with van der Waals surface area (Å²) in [5.41, 5.74) is -0.164. The minimum absolute atomic E-state index is 0.343. The molecule has 1 aliphatic heterocycles. The predicted molar refractivity (Wildman–Crippen MR) is 122 cm³/mol. The lowest BCUT2D eigenvalue weighted by Gasteiger charge is -2.35. The van der Waals surface area contributed by atoms with Crippen LogP contribution in [0, 0.1) is 5.92 Å². The number of ether oxygens (including phenoxy) is 4. The van der Waals surface area contributed by atoms with Crippen LogP contribution in [0.5, 0.6) is 17.2 Å². The second-order valence-corrected chi connectivity index (χ2v) is 8.79. The van der Waals surface area contributed by atoms with Gasteiger partial charge in [0.15, 0.2) is 11.5 Å². The first kappa shape index (κ1) is 24.0. The maximum atomic E-state index is 12.3. The fourth-order valence-electron chi connectivity index (χ4n) is 3.82. The van der Waals surface area contributed by atoms with Crippen LogP contribution in [0.1, 0.15) is 24.2 Å². The number of aliphatic hydroxyl groups is 2. The number of thioether (sulfide) groups is 1. The largest absolute Gasteiger partial charge is 0.497 e. The fourth-order valence-corrected chi connectivity index (χ4v) is 5.30. The van der Waals surface area contributed by atoms with Crippen molar-refractivity contribution in [1.29, 1.82) is 0 Å². The Hall–Kier alpha value is -2.68. The second-order valence-electron chi connectivity index (χ2n) is 7.57. The molecule has 0 fully saturated rings. The van der Waals surface area contributed by atoms with E-state index in [0.29, 0.717) is 33.3 Å². The lowest BCUT2D eigenvalue weighted by Crippen LogP contribution is -2.38. The summed E-state index contributed by atoms with van der Waals surface area (Å²) in [5.74, 6) is 0.591. The topological polar surface area (TPSA) is 94.5 Å². The zero-order chi connectivity index (χ0) is 23.5. The van der Waals surface area contributed by atoms with Crippen LogP contribution in [0.25, 0.3) is 0 Å². The molecular weight excluding hydrogens is 432 g/mol. The van der Waals surface area contributed by atoms with E-state index in [1.807, 2.05) is 0 Å². The monoisotopic (exact) mass is 460 g/mol. The van der Waals surface area contributed by atoms with Crippen molar-refractivity contribution in [3.63, 3.8) is 0 Å². The quantitative estimate of drug-likeness (QED) is 0.579. The Morgan fingerprint density at radius 1 is 1.00 bits per heavy atom. The van der Waals surface area contributed by atoms with Gasteiger partial charge in [-0.2, -0.15) is 0 Å². The number of rotatable bonds is 8. The number of benzene rings is 2. The highest BCUT2D eigenvalue weighted by Gasteiger charge is 2.47. The molecule has 2 aromatic rings. The standard InChI is InChI=1S/C24H28O7S/c1-24(27,15-7-9-16(28-2)10-8-15)17-13-20(23(26)31-5)32-22(17)21(25)14-6-11-18(29-3)19(12-14)30-4/h6-13,17,21-22,25,27H,1-5H3/t17-,21?,22-,24-/m1/s1. The summed E-state index contributed by atoms with van der Waals surface area (Å²) in [4.78, 5) is 12.6. The molecule has 0 amide bonds. The van der Waals surface area contributed by atoms with Gasteiger partial charge < -0.3 is 29.2 Å². The Balaban J connectivity index is 2.00. The minimum Gasteiger partial charge on any atom is -0.497 e. The fraction of sp³-hybridized carbons (Fsp3) is 0.375. The highest BCUT2D eigenvalue weighted by atomic mass is 32.2. The number of carbonyl (C=O) groups excluding carboxylic acids is 1. The zero-order valence-electron chi connectivity index (χ0n) is 18.7. The summed E-state index contributed by atoms with van der Waals surface area (Å²) in [7, 11) is 5.93. The molecule has 1 aliphatic rings. The third-order valence-corrected chi connectivity index (χ3v) is 7.10. The maximum Gasteiger partial charge on any atom is 0.344 e. The number of esters is 1. The first-order chi connectivity index (χ1) is 15.3. The van der Waals surface area contributed by atoms with Crippen molar-refractivity contribution in [1.82, 2.24) is 0 Å². The summed E-state index contributed by atoms with van der Waals surface area (Å²) in [6.07, 6.45) is 0.669. The zero-order valence-corrected chi connectivity index (χ0v) is 19.5. The van der Waals surface area contributed by atoms with Crippen molar-refractivity contribution < 1.29 is 34.0 Å². The minimum atomic E-state index is -1.38. The van der Waals surface area contributed by atoms with Crippen LogP contribution in [-0.2, 0) is 15.1 Å². The van der Waals surface area contributed by atoms with Crippen LogP contribution in [0.15, 0.2) is 53.4 Å². The summed E-state index contributed by atoms with van der Waals surface area (Å²) >= 11 is 1.19. The number of methoxy groups -OCH3 is 4. The average Bonchev–Trinajstić information content (AvgIpc) is 3.29. The Morgan fingerprint density at radius 3 is 2.22 bits per heavy atom. The van der Waals surface area contributed by atoms with Crippen LogP contribution >= 0.6 is 11.8 Å². The Morgan fingerprint density at radius 2 is 1.66 bits per heavy atom. The molecule has 1 unspecified atom stereocenters. The Bertz CT molecular complexity index is 984. The summed E-state index contributed by atoms with van der Waals surface area (Å²) in [5, 5.41) is 22.3. The van der Waals surface area contributed by atoms with Gasteiger partial charge in [0, 0.05) is 11.2 Å². The van der Waals surface area contributed by atoms with Crippen molar-refractivity contribution in [3.05, 3.63) is 64.6 Å². The molecule has 0 radical (unpaired) electrons. The second kappa shape index (κ2) is 9.85. The number of aliphatic hydroxyl groups excluding tert-OH is 1. The summed E-state index contributed by atoms with van der Waals surface area (Å²) < 4.78 is 20.7. The van der Waals surface area contributed by atoms with Gasteiger partial charge in [-0.1, -0.05) is 24.3 Å². The molecule has 0 saturated carbocycles. The molecule has 0 bridgehead atoms. The third kappa shape index (κ3) is 4.57. The van der Waals surface area contributed by atoms with Crippen molar-refractivity contribution in [2.75, 3.05) is 28.4 Å². The molecule has 2 aromatic carbocycles. The highest BCUT2D eigenvalue weighted by Crippen LogP contribution is 2.51. The van der Waals surface area contributed by atoms with Crippen molar-refractivity contribution in [2.24, 2.45) is 5.92 Å². The van der Waals surface area contributed by atoms with Gasteiger partial charge in [-0.25, -0.2) is 4.79 Å². The number of carbonyl (C=O) groups is 1. The van der Waals surface area contributed by atoms with Crippen molar-refractivity contribution in [2.45, 2.75) is 23.9 Å². The number of hydrogen-bond donors (Lipinski definition) is 2. The van der Waals surface area contributed by atoms with E-state index in [1.165, 1.54) is 33.1 Å². The van der Waals surface area contributed by atoms with Crippen LogP contribution in [0.3, 0.4) is 0 Å². The van der Waals surface area contributed by atoms with Gasteiger partial charge in [0.05, 0.1) is 45.0 Å². The molecule has 172 valence electrons. The van der Waals surface area contributed by atoms with Crippen LogP contribution in [0.4, 0.5) is 0 Å². The maximum absolute atomic E-state index is 12.3. The first-order valence-corrected chi connectivity index (χ1v) is 10.9. The molecule has 2 N–H and O–H groups in total. The van der Waals surface area contributed by atoms with Crippen LogP contribution < -0.4 is 14.2 Å². The van der Waals surface area contributed by atoms with Crippen LogP contribution in [0.2, 0.25) is 0 Å². The molecule has 7 nitrogen and oxygen atoms in total. The summed E-state index contributed by atoms with van der Waals surface area (Å²) in [6, 6.07) is 12.2. The molecule has 1 heterocycles. The molecular formula is C24H28O7S. The molecule has 4 atom stereocenters. The van der Waals surface area contributed by atoms with Gasteiger partial charge in [-0.3, -0.25) is 0 Å². The Labute approximate surface area is 191 Å². The van der Waals surface area contributed by atoms with Gasteiger partial charge in [-0.05, 0) is 42.3 Å². The van der Waals surface area contributed by atoms with Gasteiger partial charge in [0.2, 0.25) is 0 Å². The molecule has 32 heavy (non-hydrogen) atoms. The third-order valence-electron chi connectivity index (χ3n) is 5.72. The van der Waals surface area contributed by atoms with E-state index in [1.54, 1.807) is 62.6 Å². The molecule has 0 aliphatic carbocycles. The van der Waals surface area contributed by atoms with Gasteiger partial charge in [-0.15, -0.1) is 11.8 Å². The number of hydrogen-bond acceptors (Lipinski definition) is 8. The van der Waals surface area contributed by atoms with E-state index in [2.05, 4.69) is 0 Å². The molecule has 3 rings (SSSR count). The SMILES string of the molecule is COC(=O)C1=C[C@@H]([C@](C)(O)c2ccc(OC)cc2)[C@H](C(O)c2ccc(OC)c(OC)c2)S1. The predicted octanol–water partition coefficient (Wildman–Crippen LogP) is 3.44. The normalized spacial score (nSPS) is 20.7. The van der Waals surface area contributed by atoms with Crippen molar-refractivity contribution >= 4 is 17.7 Å².